The average molecular weight is 278 g/mol. The molecule has 1 unspecified atom stereocenters. The van der Waals surface area contributed by atoms with Crippen molar-refractivity contribution >= 4 is 5.97 Å². The molecule has 1 atom stereocenters. The van der Waals surface area contributed by atoms with E-state index in [4.69, 9.17) is 9.26 Å². The molecule has 0 bridgehead atoms. The highest BCUT2D eigenvalue weighted by molar-refractivity contribution is 5.77. The highest BCUT2D eigenvalue weighted by atomic mass is 16.5. The monoisotopic (exact) mass is 278 g/mol. The standard InChI is InChI=1S/C13H18N4O3/c1-5-19-13(18)10(8(2)3)12-15-11(16-20-12)9-6-14-17(4)7-9/h6-8,10H,5H2,1-4H3. The molecule has 2 aromatic heterocycles. The van der Waals surface area contributed by atoms with Gasteiger partial charge in [-0.1, -0.05) is 19.0 Å². The topological polar surface area (TPSA) is 83.0 Å². The van der Waals surface area contributed by atoms with Gasteiger partial charge in [0.2, 0.25) is 11.7 Å². The van der Waals surface area contributed by atoms with Crippen molar-refractivity contribution in [2.24, 2.45) is 13.0 Å². The van der Waals surface area contributed by atoms with Crippen molar-refractivity contribution < 1.29 is 14.1 Å². The van der Waals surface area contributed by atoms with Gasteiger partial charge < -0.3 is 9.26 Å². The van der Waals surface area contributed by atoms with E-state index in [1.165, 1.54) is 0 Å². The molecule has 0 radical (unpaired) electrons. The Bertz CT molecular complexity index is 588. The lowest BCUT2D eigenvalue weighted by Gasteiger charge is -2.14. The molecule has 2 heterocycles. The van der Waals surface area contributed by atoms with E-state index in [-0.39, 0.29) is 17.8 Å². The molecule has 0 amide bonds. The fourth-order valence-electron chi connectivity index (χ4n) is 1.91. The Balaban J connectivity index is 2.27. The predicted octanol–water partition coefficient (Wildman–Crippen LogP) is 1.77. The quantitative estimate of drug-likeness (QED) is 0.775. The molecule has 108 valence electrons. The van der Waals surface area contributed by atoms with Crippen LogP contribution in [0.25, 0.3) is 11.4 Å². The van der Waals surface area contributed by atoms with Gasteiger partial charge in [-0.3, -0.25) is 9.48 Å². The molecule has 0 aliphatic rings. The highest BCUT2D eigenvalue weighted by Gasteiger charge is 2.31. The Morgan fingerprint density at radius 1 is 1.50 bits per heavy atom. The summed E-state index contributed by atoms with van der Waals surface area (Å²) in [5.41, 5.74) is 0.744. The van der Waals surface area contributed by atoms with Gasteiger partial charge in [0.25, 0.3) is 0 Å². The number of hydrogen-bond acceptors (Lipinski definition) is 6. The molecular formula is C13H18N4O3. The second kappa shape index (κ2) is 5.85. The molecule has 0 spiro atoms. The second-order valence-electron chi connectivity index (χ2n) is 4.83. The van der Waals surface area contributed by atoms with Crippen LogP contribution in [0.15, 0.2) is 16.9 Å². The average Bonchev–Trinajstić information content (AvgIpc) is 2.98. The Hall–Kier alpha value is -2.18. The fourth-order valence-corrected chi connectivity index (χ4v) is 1.91. The van der Waals surface area contributed by atoms with Crippen molar-refractivity contribution in [2.75, 3.05) is 6.61 Å². The van der Waals surface area contributed by atoms with Gasteiger partial charge in [-0.25, -0.2) is 0 Å². The largest absolute Gasteiger partial charge is 0.465 e. The van der Waals surface area contributed by atoms with Crippen LogP contribution in [0.2, 0.25) is 0 Å². The first kappa shape index (κ1) is 14.2. The Morgan fingerprint density at radius 2 is 2.25 bits per heavy atom. The van der Waals surface area contributed by atoms with Gasteiger partial charge >= 0.3 is 5.97 Å². The van der Waals surface area contributed by atoms with Gasteiger partial charge in [0.15, 0.2) is 0 Å². The van der Waals surface area contributed by atoms with Crippen LogP contribution in [0.1, 0.15) is 32.6 Å². The molecule has 0 saturated carbocycles. The number of rotatable bonds is 5. The van der Waals surface area contributed by atoms with E-state index >= 15 is 0 Å². The van der Waals surface area contributed by atoms with Crippen molar-refractivity contribution in [3.63, 3.8) is 0 Å². The van der Waals surface area contributed by atoms with Gasteiger partial charge in [0, 0.05) is 13.2 Å². The van der Waals surface area contributed by atoms with Gasteiger partial charge in [-0.15, -0.1) is 0 Å². The Morgan fingerprint density at radius 3 is 2.80 bits per heavy atom. The van der Waals surface area contributed by atoms with Crippen LogP contribution in [0, 0.1) is 5.92 Å². The third-order valence-corrected chi connectivity index (χ3v) is 2.88. The van der Waals surface area contributed by atoms with E-state index in [2.05, 4.69) is 15.2 Å². The summed E-state index contributed by atoms with van der Waals surface area (Å²) in [7, 11) is 1.81. The lowest BCUT2D eigenvalue weighted by atomic mass is 9.96. The number of carbonyl (C=O) groups is 1. The summed E-state index contributed by atoms with van der Waals surface area (Å²) in [5.74, 6) is -0.187. The van der Waals surface area contributed by atoms with Gasteiger partial charge in [0.1, 0.15) is 5.92 Å². The van der Waals surface area contributed by atoms with Gasteiger partial charge in [-0.05, 0) is 12.8 Å². The molecule has 20 heavy (non-hydrogen) atoms. The number of esters is 1. The molecule has 2 rings (SSSR count). The maximum absolute atomic E-state index is 12.0. The smallest absolute Gasteiger partial charge is 0.318 e. The lowest BCUT2D eigenvalue weighted by molar-refractivity contribution is -0.146. The number of carbonyl (C=O) groups excluding carboxylic acids is 1. The number of aryl methyl sites for hydroxylation is 1. The minimum Gasteiger partial charge on any atom is -0.465 e. The fraction of sp³-hybridized carbons (Fsp3) is 0.538. The van der Waals surface area contributed by atoms with E-state index < -0.39 is 5.92 Å². The summed E-state index contributed by atoms with van der Waals surface area (Å²) in [6.45, 7) is 5.92. The van der Waals surface area contributed by atoms with Crippen LogP contribution in [0.5, 0.6) is 0 Å². The molecule has 0 fully saturated rings. The molecule has 2 aromatic rings. The van der Waals surface area contributed by atoms with E-state index in [0.29, 0.717) is 12.4 Å². The molecule has 7 heteroatoms. The molecule has 0 aliphatic heterocycles. The zero-order chi connectivity index (χ0) is 14.7. The van der Waals surface area contributed by atoms with Crippen LogP contribution < -0.4 is 0 Å². The third-order valence-electron chi connectivity index (χ3n) is 2.88. The van der Waals surface area contributed by atoms with Crippen LogP contribution in [0.3, 0.4) is 0 Å². The number of hydrogen-bond donors (Lipinski definition) is 0. The lowest BCUT2D eigenvalue weighted by Crippen LogP contribution is -2.21. The number of ether oxygens (including phenoxy) is 1. The van der Waals surface area contributed by atoms with Crippen LogP contribution in [-0.4, -0.2) is 32.5 Å². The molecular weight excluding hydrogens is 260 g/mol. The van der Waals surface area contributed by atoms with Crippen LogP contribution >= 0.6 is 0 Å². The first-order valence-electron chi connectivity index (χ1n) is 6.52. The molecule has 0 aliphatic carbocycles. The first-order valence-corrected chi connectivity index (χ1v) is 6.52. The zero-order valence-electron chi connectivity index (χ0n) is 12.0. The summed E-state index contributed by atoms with van der Waals surface area (Å²) in [6.07, 6.45) is 3.42. The highest BCUT2D eigenvalue weighted by Crippen LogP contribution is 2.26. The molecule has 0 saturated heterocycles. The third kappa shape index (κ3) is 2.87. The van der Waals surface area contributed by atoms with Crippen LogP contribution in [-0.2, 0) is 16.6 Å². The van der Waals surface area contributed by atoms with Crippen LogP contribution in [0.4, 0.5) is 0 Å². The summed E-state index contributed by atoms with van der Waals surface area (Å²) in [6, 6.07) is 0. The maximum Gasteiger partial charge on any atom is 0.318 e. The first-order chi connectivity index (χ1) is 9.52. The summed E-state index contributed by atoms with van der Waals surface area (Å²) >= 11 is 0. The van der Waals surface area contributed by atoms with Crippen molar-refractivity contribution in [3.05, 3.63) is 18.3 Å². The normalized spacial score (nSPS) is 12.7. The van der Waals surface area contributed by atoms with Crippen molar-refractivity contribution in [3.8, 4) is 11.4 Å². The van der Waals surface area contributed by atoms with Gasteiger partial charge in [-0.2, -0.15) is 10.1 Å². The molecule has 0 N–H and O–H groups in total. The van der Waals surface area contributed by atoms with Gasteiger partial charge in [0.05, 0.1) is 18.4 Å². The summed E-state index contributed by atoms with van der Waals surface area (Å²) in [5, 5.41) is 7.95. The van der Waals surface area contributed by atoms with E-state index in [9.17, 15) is 4.79 Å². The zero-order valence-corrected chi connectivity index (χ0v) is 12.0. The number of aromatic nitrogens is 4. The summed E-state index contributed by atoms with van der Waals surface area (Å²) in [4.78, 5) is 16.3. The minimum atomic E-state index is -0.548. The Labute approximate surface area is 116 Å². The Kier molecular flexibility index (Phi) is 4.16. The SMILES string of the molecule is CCOC(=O)C(c1nc(-c2cnn(C)c2)no1)C(C)C. The van der Waals surface area contributed by atoms with Crippen molar-refractivity contribution in [1.29, 1.82) is 0 Å². The number of nitrogens with zero attached hydrogens (tertiary/aromatic N) is 4. The van der Waals surface area contributed by atoms with E-state index in [0.717, 1.165) is 5.56 Å². The molecule has 7 nitrogen and oxygen atoms in total. The second-order valence-corrected chi connectivity index (χ2v) is 4.83. The summed E-state index contributed by atoms with van der Waals surface area (Å²) < 4.78 is 11.9. The predicted molar refractivity (Wildman–Crippen MR) is 70.7 cm³/mol. The van der Waals surface area contributed by atoms with E-state index in [1.54, 1.807) is 31.0 Å². The maximum atomic E-state index is 12.0. The molecule has 0 aromatic carbocycles. The minimum absolute atomic E-state index is 0.0104. The van der Waals surface area contributed by atoms with Crippen molar-refractivity contribution in [1.82, 2.24) is 19.9 Å². The van der Waals surface area contributed by atoms with Crippen molar-refractivity contribution in [2.45, 2.75) is 26.7 Å². The van der Waals surface area contributed by atoms with E-state index in [1.807, 2.05) is 13.8 Å².